The van der Waals surface area contributed by atoms with Gasteiger partial charge in [0.2, 0.25) is 0 Å². The highest BCUT2D eigenvalue weighted by molar-refractivity contribution is 6.31. The Morgan fingerprint density at radius 1 is 0.909 bits per heavy atom. The molecule has 0 heterocycles. The maximum atomic E-state index is 6.25. The van der Waals surface area contributed by atoms with Crippen molar-refractivity contribution >= 4 is 11.6 Å². The van der Waals surface area contributed by atoms with Crippen LogP contribution in [-0.2, 0) is 0 Å². The maximum absolute atomic E-state index is 6.25. The average Bonchev–Trinajstić information content (AvgIpc) is 2.54. The van der Waals surface area contributed by atoms with E-state index in [1.54, 1.807) is 20.3 Å². The van der Waals surface area contributed by atoms with Gasteiger partial charge in [-0.3, -0.25) is 0 Å². The van der Waals surface area contributed by atoms with Gasteiger partial charge in [0.1, 0.15) is 11.5 Å². The molecular formula is C17H21ClN2O2. The lowest BCUT2D eigenvalue weighted by Crippen LogP contribution is -2.20. The Bertz CT molecular complexity index is 617. The van der Waals surface area contributed by atoms with Crippen molar-refractivity contribution in [2.45, 2.75) is 18.5 Å². The van der Waals surface area contributed by atoms with E-state index in [1.807, 2.05) is 36.4 Å². The highest BCUT2D eigenvalue weighted by Gasteiger charge is 2.16. The van der Waals surface area contributed by atoms with Crippen LogP contribution in [0, 0.1) is 0 Å². The van der Waals surface area contributed by atoms with E-state index in [-0.39, 0.29) is 12.1 Å². The molecule has 0 saturated carbocycles. The molecule has 0 saturated heterocycles. The number of ether oxygens (including phenoxy) is 2. The van der Waals surface area contributed by atoms with Crippen molar-refractivity contribution in [1.82, 2.24) is 0 Å². The van der Waals surface area contributed by atoms with Crippen molar-refractivity contribution in [2.75, 3.05) is 14.2 Å². The Hall–Kier alpha value is -1.75. The van der Waals surface area contributed by atoms with Gasteiger partial charge in [-0.05, 0) is 41.8 Å². The second kappa shape index (κ2) is 7.49. The summed E-state index contributed by atoms with van der Waals surface area (Å²) in [6.45, 7) is 0. The minimum absolute atomic E-state index is 0.168. The molecule has 22 heavy (non-hydrogen) atoms. The molecule has 0 bridgehead atoms. The maximum Gasteiger partial charge on any atom is 0.120 e. The third-order valence-corrected chi connectivity index (χ3v) is 3.99. The van der Waals surface area contributed by atoms with E-state index in [4.69, 9.17) is 32.5 Å². The summed E-state index contributed by atoms with van der Waals surface area (Å²) in [6.07, 6.45) is 0.596. The van der Waals surface area contributed by atoms with Gasteiger partial charge in [0, 0.05) is 17.1 Å². The second-order valence-electron chi connectivity index (χ2n) is 5.11. The highest BCUT2D eigenvalue weighted by Crippen LogP contribution is 2.31. The number of benzene rings is 2. The van der Waals surface area contributed by atoms with E-state index in [2.05, 4.69) is 0 Å². The molecule has 2 aromatic rings. The Morgan fingerprint density at radius 2 is 1.50 bits per heavy atom. The number of hydrogen-bond acceptors (Lipinski definition) is 4. The van der Waals surface area contributed by atoms with Gasteiger partial charge in [-0.1, -0.05) is 29.8 Å². The fourth-order valence-electron chi connectivity index (χ4n) is 2.32. The van der Waals surface area contributed by atoms with E-state index in [9.17, 15) is 0 Å². The molecule has 2 rings (SSSR count). The van der Waals surface area contributed by atoms with Crippen LogP contribution in [0.2, 0.25) is 5.02 Å². The number of nitrogens with two attached hydrogens (primary N) is 2. The predicted octanol–water partition coefficient (Wildman–Crippen LogP) is 3.45. The van der Waals surface area contributed by atoms with Gasteiger partial charge in [0.25, 0.3) is 0 Å². The number of halogens is 1. The van der Waals surface area contributed by atoms with Gasteiger partial charge in [-0.25, -0.2) is 0 Å². The smallest absolute Gasteiger partial charge is 0.120 e. The topological polar surface area (TPSA) is 70.5 Å². The number of methoxy groups -OCH3 is 2. The molecule has 4 nitrogen and oxygen atoms in total. The van der Waals surface area contributed by atoms with Crippen molar-refractivity contribution in [3.05, 3.63) is 58.6 Å². The number of hydrogen-bond donors (Lipinski definition) is 2. The monoisotopic (exact) mass is 320 g/mol. The van der Waals surface area contributed by atoms with Crippen molar-refractivity contribution < 1.29 is 9.47 Å². The van der Waals surface area contributed by atoms with Crippen LogP contribution in [-0.4, -0.2) is 14.2 Å². The van der Waals surface area contributed by atoms with Crippen molar-refractivity contribution in [3.63, 3.8) is 0 Å². The van der Waals surface area contributed by atoms with Gasteiger partial charge in [-0.2, -0.15) is 0 Å². The normalized spacial score (nSPS) is 13.5. The summed E-state index contributed by atoms with van der Waals surface area (Å²) in [7, 11) is 3.24. The van der Waals surface area contributed by atoms with E-state index in [0.717, 1.165) is 16.9 Å². The lowest BCUT2D eigenvalue weighted by atomic mass is 9.96. The Labute approximate surface area is 136 Å². The zero-order chi connectivity index (χ0) is 16.1. The molecule has 0 fully saturated rings. The molecule has 4 N–H and O–H groups in total. The van der Waals surface area contributed by atoms with Crippen LogP contribution < -0.4 is 20.9 Å². The summed E-state index contributed by atoms with van der Waals surface area (Å²) in [5.41, 5.74) is 14.4. The van der Waals surface area contributed by atoms with Gasteiger partial charge in [0.15, 0.2) is 0 Å². The SMILES string of the molecule is COc1ccc(C(N)CC(N)c2ccc(OC)cc2Cl)cc1. The first kappa shape index (κ1) is 16.6. The standard InChI is InChI=1S/C17H21ClN2O2/c1-21-12-5-3-11(4-6-12)16(19)10-17(20)14-8-7-13(22-2)9-15(14)18/h3-9,16-17H,10,19-20H2,1-2H3. The van der Waals surface area contributed by atoms with Crippen LogP contribution in [0.4, 0.5) is 0 Å². The number of rotatable bonds is 6. The van der Waals surface area contributed by atoms with Gasteiger partial charge >= 0.3 is 0 Å². The molecule has 0 aliphatic heterocycles. The molecular weight excluding hydrogens is 300 g/mol. The minimum atomic E-state index is -0.240. The van der Waals surface area contributed by atoms with Crippen LogP contribution in [0.5, 0.6) is 11.5 Å². The van der Waals surface area contributed by atoms with Crippen LogP contribution in [0.3, 0.4) is 0 Å². The third kappa shape index (κ3) is 3.91. The Kier molecular flexibility index (Phi) is 5.66. The summed E-state index contributed by atoms with van der Waals surface area (Å²) >= 11 is 6.25. The molecule has 118 valence electrons. The van der Waals surface area contributed by atoms with Crippen molar-refractivity contribution in [2.24, 2.45) is 11.5 Å². The zero-order valence-corrected chi connectivity index (χ0v) is 13.5. The molecule has 2 atom stereocenters. The van der Waals surface area contributed by atoms with E-state index in [0.29, 0.717) is 17.2 Å². The first-order valence-electron chi connectivity index (χ1n) is 7.03. The summed E-state index contributed by atoms with van der Waals surface area (Å²) in [4.78, 5) is 0. The second-order valence-corrected chi connectivity index (χ2v) is 5.52. The lowest BCUT2D eigenvalue weighted by Gasteiger charge is -2.19. The molecule has 0 spiro atoms. The molecule has 2 unspecified atom stereocenters. The first-order valence-corrected chi connectivity index (χ1v) is 7.41. The molecule has 2 aromatic carbocycles. The Balaban J connectivity index is 2.08. The van der Waals surface area contributed by atoms with Crippen molar-refractivity contribution in [3.8, 4) is 11.5 Å². The minimum Gasteiger partial charge on any atom is -0.497 e. The summed E-state index contributed by atoms with van der Waals surface area (Å²) in [5.74, 6) is 1.51. The summed E-state index contributed by atoms with van der Waals surface area (Å²) < 4.78 is 10.3. The van der Waals surface area contributed by atoms with Crippen LogP contribution in [0.1, 0.15) is 29.6 Å². The molecule has 0 radical (unpaired) electrons. The molecule has 0 aromatic heterocycles. The fourth-order valence-corrected chi connectivity index (χ4v) is 2.63. The van der Waals surface area contributed by atoms with E-state index in [1.165, 1.54) is 0 Å². The fraction of sp³-hybridized carbons (Fsp3) is 0.294. The van der Waals surface area contributed by atoms with Crippen molar-refractivity contribution in [1.29, 1.82) is 0 Å². The Morgan fingerprint density at radius 3 is 2.05 bits per heavy atom. The predicted molar refractivity (Wildman–Crippen MR) is 89.5 cm³/mol. The van der Waals surface area contributed by atoms with Gasteiger partial charge in [0.05, 0.1) is 14.2 Å². The molecule has 0 amide bonds. The highest BCUT2D eigenvalue weighted by atomic mass is 35.5. The van der Waals surface area contributed by atoms with Crippen LogP contribution in [0.15, 0.2) is 42.5 Å². The lowest BCUT2D eigenvalue weighted by molar-refractivity contribution is 0.414. The molecule has 5 heteroatoms. The zero-order valence-electron chi connectivity index (χ0n) is 12.8. The van der Waals surface area contributed by atoms with Gasteiger partial charge in [-0.15, -0.1) is 0 Å². The van der Waals surface area contributed by atoms with Crippen LogP contribution in [0.25, 0.3) is 0 Å². The van der Waals surface area contributed by atoms with Crippen LogP contribution >= 0.6 is 11.6 Å². The summed E-state index contributed by atoms with van der Waals surface area (Å²) in [5, 5.41) is 0.591. The van der Waals surface area contributed by atoms with E-state index >= 15 is 0 Å². The first-order chi connectivity index (χ1) is 10.5. The largest absolute Gasteiger partial charge is 0.497 e. The quantitative estimate of drug-likeness (QED) is 0.855. The van der Waals surface area contributed by atoms with Gasteiger partial charge < -0.3 is 20.9 Å². The molecule has 0 aliphatic carbocycles. The third-order valence-electron chi connectivity index (χ3n) is 3.66. The molecule has 0 aliphatic rings. The average molecular weight is 321 g/mol. The summed E-state index contributed by atoms with van der Waals surface area (Å²) in [6, 6.07) is 12.8. The van der Waals surface area contributed by atoms with E-state index < -0.39 is 0 Å².